The molecule has 0 saturated heterocycles. The van der Waals surface area contributed by atoms with Crippen LogP contribution in [-0.4, -0.2) is 16.5 Å². The molecule has 1 fully saturated rings. The lowest BCUT2D eigenvalue weighted by atomic mass is 9.64. The highest BCUT2D eigenvalue weighted by molar-refractivity contribution is 4.85. The maximum Gasteiger partial charge on any atom is 0.154 e. The van der Waals surface area contributed by atoms with E-state index in [1.807, 2.05) is 0 Å². The molecule has 2 nitrogen and oxygen atoms in total. The Balaban J connectivity index is 2.78. The highest BCUT2D eigenvalue weighted by atomic mass is 16.5. The second-order valence-electron chi connectivity index (χ2n) is 6.36. The molecule has 0 aromatic rings. The zero-order chi connectivity index (χ0) is 13.0. The maximum absolute atomic E-state index is 9.64. The fourth-order valence-electron chi connectivity index (χ4n) is 3.69. The van der Waals surface area contributed by atoms with Crippen LogP contribution in [0.25, 0.3) is 0 Å². The van der Waals surface area contributed by atoms with E-state index in [2.05, 4.69) is 27.7 Å². The molecule has 17 heavy (non-hydrogen) atoms. The summed E-state index contributed by atoms with van der Waals surface area (Å²) in [6.07, 6.45) is 4.59. The number of aliphatic hydroxyl groups is 2. The van der Waals surface area contributed by atoms with Gasteiger partial charge < -0.3 is 10.2 Å². The van der Waals surface area contributed by atoms with Gasteiger partial charge >= 0.3 is 0 Å². The first-order valence-electron chi connectivity index (χ1n) is 7.33. The van der Waals surface area contributed by atoms with Gasteiger partial charge in [0.15, 0.2) is 6.29 Å². The Morgan fingerprint density at radius 2 is 1.76 bits per heavy atom. The minimum absolute atomic E-state index is 0.0788. The van der Waals surface area contributed by atoms with Crippen molar-refractivity contribution in [2.75, 3.05) is 0 Å². The fourth-order valence-corrected chi connectivity index (χ4v) is 3.69. The van der Waals surface area contributed by atoms with Crippen LogP contribution in [0, 0.1) is 29.6 Å². The number of hydrogen-bond acceptors (Lipinski definition) is 2. The summed E-state index contributed by atoms with van der Waals surface area (Å²) in [6, 6.07) is 0. The second kappa shape index (κ2) is 6.75. The van der Waals surface area contributed by atoms with Gasteiger partial charge in [0.2, 0.25) is 0 Å². The summed E-state index contributed by atoms with van der Waals surface area (Å²) in [4.78, 5) is 0. The monoisotopic (exact) mass is 242 g/mol. The van der Waals surface area contributed by atoms with Gasteiger partial charge in [0.05, 0.1) is 0 Å². The van der Waals surface area contributed by atoms with Crippen LogP contribution in [0.1, 0.15) is 59.8 Å². The molecule has 0 heterocycles. The summed E-state index contributed by atoms with van der Waals surface area (Å²) in [5, 5.41) is 19.3. The average molecular weight is 242 g/mol. The third kappa shape index (κ3) is 3.96. The maximum atomic E-state index is 9.64. The quantitative estimate of drug-likeness (QED) is 0.725. The van der Waals surface area contributed by atoms with E-state index in [0.717, 1.165) is 18.8 Å². The van der Waals surface area contributed by atoms with Crippen LogP contribution in [0.5, 0.6) is 0 Å². The molecular weight excluding hydrogens is 212 g/mol. The lowest BCUT2D eigenvalue weighted by Crippen LogP contribution is -2.38. The Bertz CT molecular complexity index is 213. The van der Waals surface area contributed by atoms with Crippen LogP contribution in [0.15, 0.2) is 0 Å². The van der Waals surface area contributed by atoms with Crippen molar-refractivity contribution < 1.29 is 10.2 Å². The van der Waals surface area contributed by atoms with E-state index in [1.165, 1.54) is 19.3 Å². The van der Waals surface area contributed by atoms with Crippen LogP contribution >= 0.6 is 0 Å². The first-order valence-corrected chi connectivity index (χ1v) is 7.33. The van der Waals surface area contributed by atoms with E-state index in [4.69, 9.17) is 0 Å². The van der Waals surface area contributed by atoms with Gasteiger partial charge in [0, 0.05) is 5.92 Å². The van der Waals surface area contributed by atoms with Gasteiger partial charge in [-0.05, 0) is 42.9 Å². The Kier molecular flexibility index (Phi) is 5.94. The summed E-state index contributed by atoms with van der Waals surface area (Å²) in [6.45, 7) is 8.99. The van der Waals surface area contributed by atoms with E-state index in [1.54, 1.807) is 0 Å². The molecule has 4 unspecified atom stereocenters. The van der Waals surface area contributed by atoms with Gasteiger partial charge in [-0.2, -0.15) is 0 Å². The molecule has 0 amide bonds. The molecule has 102 valence electrons. The minimum atomic E-state index is -1.13. The number of aliphatic hydroxyl groups excluding tert-OH is 1. The Labute approximate surface area is 106 Å². The fraction of sp³-hybridized carbons (Fsp3) is 1.00. The molecule has 0 bridgehead atoms. The van der Waals surface area contributed by atoms with Crippen molar-refractivity contribution in [3.63, 3.8) is 0 Å². The molecule has 1 aliphatic carbocycles. The van der Waals surface area contributed by atoms with Crippen molar-refractivity contribution >= 4 is 0 Å². The zero-order valence-corrected chi connectivity index (χ0v) is 11.9. The molecule has 1 aliphatic rings. The second-order valence-corrected chi connectivity index (χ2v) is 6.36. The molecule has 4 atom stereocenters. The van der Waals surface area contributed by atoms with Crippen LogP contribution < -0.4 is 0 Å². The van der Waals surface area contributed by atoms with Crippen molar-refractivity contribution in [1.82, 2.24) is 0 Å². The Hall–Kier alpha value is -0.0800. The Morgan fingerprint density at radius 3 is 2.24 bits per heavy atom. The lowest BCUT2D eigenvalue weighted by Gasteiger charge is -2.42. The number of hydrogen-bond donors (Lipinski definition) is 2. The van der Waals surface area contributed by atoms with Gasteiger partial charge in [-0.15, -0.1) is 0 Å². The van der Waals surface area contributed by atoms with Crippen LogP contribution in [0.3, 0.4) is 0 Å². The van der Waals surface area contributed by atoms with Crippen LogP contribution in [0.4, 0.5) is 0 Å². The van der Waals surface area contributed by atoms with Gasteiger partial charge in [-0.1, -0.05) is 40.5 Å². The lowest BCUT2D eigenvalue weighted by molar-refractivity contribution is -0.121. The van der Waals surface area contributed by atoms with Crippen molar-refractivity contribution in [1.29, 1.82) is 0 Å². The third-order valence-electron chi connectivity index (χ3n) is 4.63. The van der Waals surface area contributed by atoms with Gasteiger partial charge in [0.25, 0.3) is 0 Å². The van der Waals surface area contributed by atoms with Gasteiger partial charge in [-0.25, -0.2) is 0 Å². The normalized spacial score (nSPS) is 32.1. The van der Waals surface area contributed by atoms with Crippen LogP contribution in [-0.2, 0) is 0 Å². The van der Waals surface area contributed by atoms with Crippen molar-refractivity contribution in [3.8, 4) is 0 Å². The summed E-state index contributed by atoms with van der Waals surface area (Å²) in [5.74, 6) is 2.65. The average Bonchev–Trinajstić information content (AvgIpc) is 2.24. The Morgan fingerprint density at radius 1 is 1.12 bits per heavy atom. The SMILES string of the molecule is CCCC(C(O)O)C1CC(C)CCC1C(C)C. The van der Waals surface area contributed by atoms with E-state index >= 15 is 0 Å². The summed E-state index contributed by atoms with van der Waals surface area (Å²) >= 11 is 0. The molecule has 2 N–H and O–H groups in total. The van der Waals surface area contributed by atoms with Crippen molar-refractivity contribution in [2.45, 2.75) is 66.1 Å². The summed E-state index contributed by atoms with van der Waals surface area (Å²) < 4.78 is 0. The standard InChI is InChI=1S/C15H30O2/c1-5-6-13(15(16)17)14-9-11(4)7-8-12(14)10(2)3/h10-17H,5-9H2,1-4H3. The topological polar surface area (TPSA) is 40.5 Å². The predicted octanol–water partition coefficient (Wildman–Crippen LogP) is 3.42. The molecule has 0 spiro atoms. The highest BCUT2D eigenvalue weighted by Gasteiger charge is 2.37. The summed E-state index contributed by atoms with van der Waals surface area (Å²) in [5.41, 5.74) is 0. The molecule has 1 rings (SSSR count). The third-order valence-corrected chi connectivity index (χ3v) is 4.63. The minimum Gasteiger partial charge on any atom is -0.368 e. The van der Waals surface area contributed by atoms with E-state index in [0.29, 0.717) is 17.8 Å². The van der Waals surface area contributed by atoms with Crippen molar-refractivity contribution in [3.05, 3.63) is 0 Å². The van der Waals surface area contributed by atoms with Gasteiger partial charge in [-0.3, -0.25) is 0 Å². The van der Waals surface area contributed by atoms with Crippen LogP contribution in [0.2, 0.25) is 0 Å². The largest absolute Gasteiger partial charge is 0.368 e. The van der Waals surface area contributed by atoms with Crippen molar-refractivity contribution in [2.24, 2.45) is 29.6 Å². The van der Waals surface area contributed by atoms with E-state index in [9.17, 15) is 10.2 Å². The first-order chi connectivity index (χ1) is 7.97. The molecule has 0 aromatic heterocycles. The molecule has 0 aromatic carbocycles. The molecule has 1 saturated carbocycles. The summed E-state index contributed by atoms with van der Waals surface area (Å²) in [7, 11) is 0. The molecule has 0 aliphatic heterocycles. The number of rotatable bonds is 5. The van der Waals surface area contributed by atoms with E-state index < -0.39 is 6.29 Å². The smallest absolute Gasteiger partial charge is 0.154 e. The predicted molar refractivity (Wildman–Crippen MR) is 71.5 cm³/mol. The molecule has 0 radical (unpaired) electrons. The van der Waals surface area contributed by atoms with E-state index in [-0.39, 0.29) is 5.92 Å². The molecule has 2 heteroatoms. The zero-order valence-electron chi connectivity index (χ0n) is 11.9. The molecular formula is C15H30O2. The van der Waals surface area contributed by atoms with Gasteiger partial charge in [0.1, 0.15) is 0 Å². The highest BCUT2D eigenvalue weighted by Crippen LogP contribution is 2.43. The first kappa shape index (κ1) is 15.0.